The lowest BCUT2D eigenvalue weighted by atomic mass is 10.1. The Morgan fingerprint density at radius 2 is 2.14 bits per heavy atom. The number of likely N-dealkylation sites (tertiary alicyclic amines) is 1. The van der Waals surface area contributed by atoms with Crippen molar-refractivity contribution in [2.24, 2.45) is 10.9 Å². The van der Waals surface area contributed by atoms with Gasteiger partial charge in [0.05, 0.1) is 16.9 Å². The molecule has 1 aromatic heterocycles. The van der Waals surface area contributed by atoms with Gasteiger partial charge in [0, 0.05) is 31.8 Å². The molecule has 5 nitrogen and oxygen atoms in total. The summed E-state index contributed by atoms with van der Waals surface area (Å²) in [7, 11) is 0. The lowest BCUT2D eigenvalue weighted by molar-refractivity contribution is -0.136. The Labute approximate surface area is 140 Å². The largest absolute Gasteiger partial charge is 0.480 e. The van der Waals surface area contributed by atoms with Gasteiger partial charge in [0.25, 0.3) is 0 Å². The molecule has 0 unspecified atom stereocenters. The summed E-state index contributed by atoms with van der Waals surface area (Å²) in [4.78, 5) is 21.8. The normalized spacial score (nSPS) is 16.5. The smallest absolute Gasteiger partial charge is 0.225 e. The number of hydrogen-bond acceptors (Lipinski definition) is 4. The molecule has 0 saturated carbocycles. The number of carbonyl (C=O) groups excluding carboxylic acids is 1. The number of pyridine rings is 1. The van der Waals surface area contributed by atoms with Crippen LogP contribution in [0.4, 0.5) is 5.69 Å². The van der Waals surface area contributed by atoms with Crippen LogP contribution in [0.2, 0.25) is 10.2 Å². The van der Waals surface area contributed by atoms with Gasteiger partial charge >= 0.3 is 0 Å². The van der Waals surface area contributed by atoms with Crippen LogP contribution in [0.1, 0.15) is 26.7 Å². The molecule has 7 heteroatoms. The number of hydrogen-bond donors (Lipinski definition) is 0. The first-order valence-corrected chi connectivity index (χ1v) is 8.00. The van der Waals surface area contributed by atoms with Gasteiger partial charge in [0.15, 0.2) is 6.40 Å². The quantitative estimate of drug-likeness (QED) is 0.475. The summed E-state index contributed by atoms with van der Waals surface area (Å²) in [5.41, 5.74) is 0.585. The molecule has 1 saturated heterocycles. The summed E-state index contributed by atoms with van der Waals surface area (Å²) < 4.78 is 5.61. The van der Waals surface area contributed by atoms with Crippen LogP contribution in [0.15, 0.2) is 17.3 Å². The predicted octanol–water partition coefficient (Wildman–Crippen LogP) is 3.71. The third-order valence-corrected chi connectivity index (χ3v) is 4.17. The van der Waals surface area contributed by atoms with Gasteiger partial charge in [-0.25, -0.2) is 9.98 Å². The molecule has 2 rings (SSSR count). The zero-order valence-electron chi connectivity index (χ0n) is 12.6. The van der Waals surface area contributed by atoms with E-state index in [2.05, 4.69) is 9.98 Å². The minimum absolute atomic E-state index is 0.0428. The van der Waals surface area contributed by atoms with E-state index >= 15 is 0 Å². The van der Waals surface area contributed by atoms with Crippen LogP contribution >= 0.6 is 23.2 Å². The van der Waals surface area contributed by atoms with E-state index in [0.717, 1.165) is 25.9 Å². The third-order valence-electron chi connectivity index (χ3n) is 3.48. The van der Waals surface area contributed by atoms with Crippen molar-refractivity contribution >= 4 is 41.2 Å². The molecule has 0 aliphatic carbocycles. The second-order valence-electron chi connectivity index (χ2n) is 5.52. The summed E-state index contributed by atoms with van der Waals surface area (Å²) >= 11 is 11.6. The second kappa shape index (κ2) is 7.79. The first kappa shape index (κ1) is 17.0. The Balaban J connectivity index is 1.80. The van der Waals surface area contributed by atoms with E-state index < -0.39 is 0 Å². The van der Waals surface area contributed by atoms with E-state index in [1.54, 1.807) is 6.07 Å². The van der Waals surface area contributed by atoms with Gasteiger partial charge in [-0.15, -0.1) is 0 Å². The maximum atomic E-state index is 11.9. The fourth-order valence-corrected chi connectivity index (χ4v) is 2.50. The molecule has 1 fully saturated rings. The molecule has 1 aromatic rings. The van der Waals surface area contributed by atoms with Crippen LogP contribution in [0, 0.1) is 5.92 Å². The lowest BCUT2D eigenvalue weighted by Crippen LogP contribution is -2.42. The average Bonchev–Trinajstić information content (AvgIpc) is 2.51. The third kappa shape index (κ3) is 4.58. The highest BCUT2D eigenvalue weighted by Gasteiger charge is 2.24. The van der Waals surface area contributed by atoms with Crippen LogP contribution in [0.3, 0.4) is 0 Å². The number of ether oxygens (including phenoxy) is 1. The summed E-state index contributed by atoms with van der Waals surface area (Å²) in [6.07, 6.45) is 4.63. The number of aliphatic imine (C=N–C) groups is 1. The molecule has 1 aliphatic rings. The van der Waals surface area contributed by atoms with Gasteiger partial charge in [-0.3, -0.25) is 4.79 Å². The molecule has 0 bridgehead atoms. The molecule has 0 aromatic carbocycles. The van der Waals surface area contributed by atoms with E-state index in [1.807, 2.05) is 18.7 Å². The van der Waals surface area contributed by atoms with Gasteiger partial charge in [-0.1, -0.05) is 37.0 Å². The first-order chi connectivity index (χ1) is 10.5. The van der Waals surface area contributed by atoms with Gasteiger partial charge in [-0.2, -0.15) is 0 Å². The number of amides is 1. The average molecular weight is 344 g/mol. The molecule has 0 N–H and O–H groups in total. The fourth-order valence-electron chi connectivity index (χ4n) is 2.24. The summed E-state index contributed by atoms with van der Waals surface area (Å²) in [5, 5.41) is 0.612. The molecule has 120 valence electrons. The van der Waals surface area contributed by atoms with Crippen molar-refractivity contribution in [3.8, 4) is 0 Å². The molecule has 2 heterocycles. The Morgan fingerprint density at radius 1 is 1.45 bits per heavy atom. The molecule has 1 amide bonds. The second-order valence-corrected chi connectivity index (χ2v) is 6.28. The number of aromatic nitrogens is 1. The predicted molar refractivity (Wildman–Crippen MR) is 87.9 cm³/mol. The number of rotatable bonds is 4. The van der Waals surface area contributed by atoms with E-state index in [-0.39, 0.29) is 23.1 Å². The van der Waals surface area contributed by atoms with Crippen molar-refractivity contribution in [1.29, 1.82) is 0 Å². The van der Waals surface area contributed by atoms with E-state index in [9.17, 15) is 4.79 Å². The highest BCUT2D eigenvalue weighted by molar-refractivity contribution is 6.41. The van der Waals surface area contributed by atoms with Crippen LogP contribution in [-0.4, -0.2) is 41.4 Å². The molecular weight excluding hydrogens is 325 g/mol. The molecule has 22 heavy (non-hydrogen) atoms. The zero-order valence-corrected chi connectivity index (χ0v) is 14.1. The van der Waals surface area contributed by atoms with Gasteiger partial charge in [0.1, 0.15) is 11.3 Å². The van der Waals surface area contributed by atoms with Crippen molar-refractivity contribution in [1.82, 2.24) is 9.88 Å². The fraction of sp³-hybridized carbons (Fsp3) is 0.533. The van der Waals surface area contributed by atoms with Crippen molar-refractivity contribution in [3.63, 3.8) is 0 Å². The van der Waals surface area contributed by atoms with E-state index in [0.29, 0.717) is 10.7 Å². The van der Waals surface area contributed by atoms with E-state index in [1.165, 1.54) is 12.6 Å². The Hall–Kier alpha value is -1.33. The monoisotopic (exact) mass is 343 g/mol. The topological polar surface area (TPSA) is 54.8 Å². The molecule has 0 radical (unpaired) electrons. The first-order valence-electron chi connectivity index (χ1n) is 7.25. The van der Waals surface area contributed by atoms with Crippen molar-refractivity contribution < 1.29 is 9.53 Å². The maximum Gasteiger partial charge on any atom is 0.225 e. The SMILES string of the molecule is CC(C)C(=O)N1CCC(O/C=N/c2cnc(Cl)c(Cl)c2)CC1. The number of piperidine rings is 1. The minimum atomic E-state index is 0.0428. The van der Waals surface area contributed by atoms with Crippen LogP contribution in [0.5, 0.6) is 0 Å². The highest BCUT2D eigenvalue weighted by atomic mass is 35.5. The molecular formula is C15H19Cl2N3O2. The summed E-state index contributed by atoms with van der Waals surface area (Å²) in [6, 6.07) is 1.63. The highest BCUT2D eigenvalue weighted by Crippen LogP contribution is 2.23. The van der Waals surface area contributed by atoms with E-state index in [4.69, 9.17) is 27.9 Å². The van der Waals surface area contributed by atoms with Gasteiger partial charge in [-0.05, 0) is 6.07 Å². The lowest BCUT2D eigenvalue weighted by Gasteiger charge is -2.32. The van der Waals surface area contributed by atoms with Gasteiger partial charge in [0.2, 0.25) is 5.91 Å². The standard InChI is InChI=1S/C15H19Cl2N3O2/c1-10(2)15(21)20-5-3-12(4-6-20)22-9-19-11-7-13(16)14(17)18-8-11/h7-10,12H,3-6H2,1-2H3/b19-9+. The molecule has 0 atom stereocenters. The summed E-state index contributed by atoms with van der Waals surface area (Å²) in [5.74, 6) is 0.246. The maximum absolute atomic E-state index is 11.9. The molecule has 0 spiro atoms. The zero-order chi connectivity index (χ0) is 16.1. The van der Waals surface area contributed by atoms with Crippen molar-refractivity contribution in [2.75, 3.05) is 13.1 Å². The summed E-state index contributed by atoms with van der Waals surface area (Å²) in [6.45, 7) is 5.29. The van der Waals surface area contributed by atoms with Gasteiger partial charge < -0.3 is 9.64 Å². The van der Waals surface area contributed by atoms with Crippen LogP contribution in [-0.2, 0) is 9.53 Å². The van der Waals surface area contributed by atoms with Crippen LogP contribution in [0.25, 0.3) is 0 Å². The number of carbonyl (C=O) groups is 1. The van der Waals surface area contributed by atoms with Crippen molar-refractivity contribution in [3.05, 3.63) is 22.4 Å². The number of nitrogens with zero attached hydrogens (tertiary/aromatic N) is 3. The minimum Gasteiger partial charge on any atom is -0.480 e. The van der Waals surface area contributed by atoms with Crippen LogP contribution < -0.4 is 0 Å². The Morgan fingerprint density at radius 3 is 2.73 bits per heavy atom. The van der Waals surface area contributed by atoms with Crippen molar-refractivity contribution in [2.45, 2.75) is 32.8 Å². The number of halogens is 2. The Bertz CT molecular complexity index is 556. The molecule has 1 aliphatic heterocycles. The Kier molecular flexibility index (Phi) is 6.03.